The first-order valence-corrected chi connectivity index (χ1v) is 6.38. The Morgan fingerprint density at radius 1 is 1.14 bits per heavy atom. The quantitative estimate of drug-likeness (QED) is 0.479. The third-order valence-electron chi connectivity index (χ3n) is 3.05. The molecule has 0 spiro atoms. The molecule has 0 aromatic heterocycles. The molecule has 2 rings (SSSR count). The summed E-state index contributed by atoms with van der Waals surface area (Å²) in [5, 5.41) is 1.68. The molecule has 0 radical (unpaired) electrons. The Balaban J connectivity index is 0.00000242. The van der Waals surface area contributed by atoms with Crippen molar-refractivity contribution in [3.63, 3.8) is 0 Å². The number of carbonyl (C=O) groups is 1. The molecule has 0 aliphatic heterocycles. The van der Waals surface area contributed by atoms with E-state index in [1.54, 1.807) is 24.3 Å². The van der Waals surface area contributed by atoms with Crippen LogP contribution >= 0.6 is 0 Å². The minimum Gasteiger partial charge on any atom is -0.466 e. The summed E-state index contributed by atoms with van der Waals surface area (Å²) in [5.74, 6) is -0.956. The minimum absolute atomic E-state index is 0. The summed E-state index contributed by atoms with van der Waals surface area (Å²) in [6.45, 7) is -5.11. The van der Waals surface area contributed by atoms with Gasteiger partial charge >= 0.3 is 64.3 Å². The maximum atomic E-state index is 12.6. The number of fused-ring (bicyclic) bond motifs is 1. The predicted molar refractivity (Wildman–Crippen MR) is 77.8 cm³/mol. The molecule has 2 nitrogen and oxygen atoms in total. The van der Waals surface area contributed by atoms with Crippen LogP contribution in [0.25, 0.3) is 16.8 Å². The fraction of sp³-hybridized carbons (Fsp3) is 0.133. The van der Waals surface area contributed by atoms with Crippen molar-refractivity contribution < 1.29 is 73.9 Å². The van der Waals surface area contributed by atoms with Crippen LogP contribution < -0.4 is 51.4 Å². The Bertz CT molecular complexity index is 693. The molecule has 7 heteroatoms. The zero-order chi connectivity index (χ0) is 15.5. The monoisotopic (exact) mass is 332 g/mol. The van der Waals surface area contributed by atoms with Gasteiger partial charge in [0.1, 0.15) is 0 Å². The Morgan fingerprint density at radius 2 is 1.77 bits per heavy atom. The zero-order valence-electron chi connectivity index (χ0n) is 12.4. The summed E-state index contributed by atoms with van der Waals surface area (Å²) in [7, 11) is 1.07. The number of esters is 1. The first-order chi connectivity index (χ1) is 9.90. The van der Waals surface area contributed by atoms with Gasteiger partial charge in [0.25, 0.3) is 0 Å². The number of hydrogen-bond donors (Lipinski definition) is 0. The number of methoxy groups -OCH3 is 1. The maximum absolute atomic E-state index is 12.6. The van der Waals surface area contributed by atoms with Gasteiger partial charge in [-0.05, 0) is 22.4 Å². The standard InChI is InChI=1S/C15H13BF3O2.K/c1-21-15(20)13(10-16(17,18)19)9-12-7-4-6-11-5-2-3-8-14(11)12;/h2-9H,10H2,1H3;/q-1;+1/b13-9+;. The van der Waals surface area contributed by atoms with Crippen molar-refractivity contribution in [3.8, 4) is 0 Å². The van der Waals surface area contributed by atoms with E-state index in [2.05, 4.69) is 4.74 Å². The van der Waals surface area contributed by atoms with E-state index in [1.807, 2.05) is 18.2 Å². The van der Waals surface area contributed by atoms with Gasteiger partial charge in [-0.3, -0.25) is 0 Å². The number of ether oxygens (including phenoxy) is 1. The summed E-state index contributed by atoms with van der Waals surface area (Å²) in [5.41, 5.74) is 0.176. The first kappa shape index (κ1) is 19.4. The molecule has 0 heterocycles. The van der Waals surface area contributed by atoms with E-state index >= 15 is 0 Å². The van der Waals surface area contributed by atoms with Crippen LogP contribution in [-0.4, -0.2) is 20.1 Å². The van der Waals surface area contributed by atoms with Crippen LogP contribution in [-0.2, 0) is 9.53 Å². The number of halogens is 3. The Hall–Kier alpha value is -0.599. The smallest absolute Gasteiger partial charge is 0.466 e. The van der Waals surface area contributed by atoms with Crippen LogP contribution in [0.15, 0.2) is 48.0 Å². The molecular formula is C15H13BF3KO2. The third-order valence-corrected chi connectivity index (χ3v) is 3.05. The van der Waals surface area contributed by atoms with E-state index < -0.39 is 19.3 Å². The van der Waals surface area contributed by atoms with Crippen molar-refractivity contribution >= 4 is 29.8 Å². The summed E-state index contributed by atoms with van der Waals surface area (Å²) in [4.78, 5) is 11.5. The number of carbonyl (C=O) groups excluding carboxylic acids is 1. The van der Waals surface area contributed by atoms with Crippen molar-refractivity contribution in [3.05, 3.63) is 53.6 Å². The zero-order valence-corrected chi connectivity index (χ0v) is 15.5. The Morgan fingerprint density at radius 3 is 2.41 bits per heavy atom. The van der Waals surface area contributed by atoms with E-state index in [4.69, 9.17) is 0 Å². The van der Waals surface area contributed by atoms with Crippen molar-refractivity contribution in [1.82, 2.24) is 0 Å². The van der Waals surface area contributed by atoms with Gasteiger partial charge in [-0.2, -0.15) is 0 Å². The molecule has 0 aliphatic carbocycles. The van der Waals surface area contributed by atoms with Gasteiger partial charge in [-0.15, -0.1) is 0 Å². The molecular weight excluding hydrogens is 319 g/mol. The first-order valence-electron chi connectivity index (χ1n) is 6.38. The van der Waals surface area contributed by atoms with Crippen LogP contribution in [0.3, 0.4) is 0 Å². The maximum Gasteiger partial charge on any atom is 1.00 e. The molecule has 0 saturated carbocycles. The van der Waals surface area contributed by atoms with E-state index in [9.17, 15) is 17.7 Å². The molecule has 2 aromatic carbocycles. The van der Waals surface area contributed by atoms with Gasteiger partial charge in [-0.1, -0.05) is 48.8 Å². The van der Waals surface area contributed by atoms with E-state index in [0.29, 0.717) is 5.56 Å². The van der Waals surface area contributed by atoms with Crippen LogP contribution in [0.4, 0.5) is 12.9 Å². The number of rotatable bonds is 4. The molecule has 22 heavy (non-hydrogen) atoms. The van der Waals surface area contributed by atoms with Gasteiger partial charge in [0.2, 0.25) is 0 Å². The van der Waals surface area contributed by atoms with Crippen molar-refractivity contribution in [2.75, 3.05) is 7.11 Å². The Kier molecular flexibility index (Phi) is 7.34. The van der Waals surface area contributed by atoms with E-state index in [0.717, 1.165) is 17.9 Å². The van der Waals surface area contributed by atoms with E-state index in [-0.39, 0.29) is 57.0 Å². The average molecular weight is 332 g/mol. The summed E-state index contributed by atoms with van der Waals surface area (Å²) < 4.78 is 42.3. The van der Waals surface area contributed by atoms with Crippen molar-refractivity contribution in [2.45, 2.75) is 6.32 Å². The molecule has 0 aliphatic rings. The molecule has 0 N–H and O–H groups in total. The normalized spacial score (nSPS) is 11.9. The van der Waals surface area contributed by atoms with E-state index in [1.165, 1.54) is 6.08 Å². The average Bonchev–Trinajstić information content (AvgIpc) is 2.44. The summed E-state index contributed by atoms with van der Waals surface area (Å²) >= 11 is 0. The summed E-state index contributed by atoms with van der Waals surface area (Å²) in [6.07, 6.45) is -0.000693. The SMILES string of the molecule is COC(=O)/C(=C/c1cccc2ccccc12)C[B-](F)(F)F.[K+]. The van der Waals surface area contributed by atoms with Gasteiger partial charge in [0.05, 0.1) is 7.11 Å². The van der Waals surface area contributed by atoms with Gasteiger partial charge < -0.3 is 17.7 Å². The second kappa shape index (κ2) is 8.31. The van der Waals surface area contributed by atoms with Gasteiger partial charge in [0.15, 0.2) is 0 Å². The fourth-order valence-electron chi connectivity index (χ4n) is 2.15. The molecule has 0 bridgehead atoms. The van der Waals surface area contributed by atoms with Crippen LogP contribution in [0.2, 0.25) is 6.32 Å². The molecule has 0 atom stereocenters. The summed E-state index contributed by atoms with van der Waals surface area (Å²) in [6, 6.07) is 12.6. The molecule has 0 unspecified atom stereocenters. The minimum atomic E-state index is -5.11. The number of benzene rings is 2. The molecule has 110 valence electrons. The van der Waals surface area contributed by atoms with Gasteiger partial charge in [-0.25, -0.2) is 4.79 Å². The van der Waals surface area contributed by atoms with Crippen molar-refractivity contribution in [1.29, 1.82) is 0 Å². The predicted octanol–water partition coefficient (Wildman–Crippen LogP) is 1.25. The van der Waals surface area contributed by atoms with Crippen LogP contribution in [0.5, 0.6) is 0 Å². The van der Waals surface area contributed by atoms with Crippen molar-refractivity contribution in [2.24, 2.45) is 0 Å². The fourth-order valence-corrected chi connectivity index (χ4v) is 2.15. The largest absolute Gasteiger partial charge is 1.00 e. The molecule has 0 saturated heterocycles. The topological polar surface area (TPSA) is 26.3 Å². The second-order valence-corrected chi connectivity index (χ2v) is 4.64. The Labute approximate surface area is 169 Å². The molecule has 0 fully saturated rings. The third kappa shape index (κ3) is 5.24. The van der Waals surface area contributed by atoms with Gasteiger partial charge in [0, 0.05) is 5.57 Å². The number of hydrogen-bond acceptors (Lipinski definition) is 2. The van der Waals surface area contributed by atoms with Crippen LogP contribution in [0.1, 0.15) is 5.56 Å². The molecule has 2 aromatic rings. The molecule has 0 amide bonds. The second-order valence-electron chi connectivity index (χ2n) is 4.64. The van der Waals surface area contributed by atoms with Crippen LogP contribution in [0, 0.1) is 0 Å².